The van der Waals surface area contributed by atoms with Gasteiger partial charge in [-0.1, -0.05) is 38.1 Å². The summed E-state index contributed by atoms with van der Waals surface area (Å²) in [4.78, 5) is 0. The molecule has 0 aliphatic carbocycles. The third kappa shape index (κ3) is 3.61. The molecule has 2 aromatic carbocycles. The molecule has 112 valence electrons. The van der Waals surface area contributed by atoms with Crippen molar-refractivity contribution in [2.45, 2.75) is 39.8 Å². The first-order valence-electron chi connectivity index (χ1n) is 7.22. The number of rotatable bonds is 5. The molecular weight excluding hydrogens is 265 g/mol. The van der Waals surface area contributed by atoms with Gasteiger partial charge in [0.1, 0.15) is 18.2 Å². The van der Waals surface area contributed by atoms with Gasteiger partial charge in [0.05, 0.1) is 0 Å². The highest BCUT2D eigenvalue weighted by molar-refractivity contribution is 5.36. The van der Waals surface area contributed by atoms with Crippen molar-refractivity contribution in [1.82, 2.24) is 0 Å². The van der Waals surface area contributed by atoms with Gasteiger partial charge < -0.3 is 10.5 Å². The van der Waals surface area contributed by atoms with Crippen molar-refractivity contribution in [1.29, 1.82) is 0 Å². The molecular formula is C18H22FNO. The fraction of sp³-hybridized carbons (Fsp3) is 0.333. The highest BCUT2D eigenvalue weighted by Crippen LogP contribution is 2.24. The van der Waals surface area contributed by atoms with E-state index in [1.54, 1.807) is 18.2 Å². The predicted octanol–water partition coefficient (Wildman–Crippen LogP) is 4.30. The van der Waals surface area contributed by atoms with Crippen LogP contribution in [0.25, 0.3) is 0 Å². The molecule has 2 rings (SSSR count). The Kier molecular flexibility index (Phi) is 4.97. The standard InChI is InChI=1S/C18H22FNO/c1-12(2)17-8-7-16(9-13(17)3)21-11-15-6-4-5-14(10-20)18(15)19/h4-9,12H,10-11,20H2,1-3H3. The topological polar surface area (TPSA) is 35.2 Å². The predicted molar refractivity (Wildman–Crippen MR) is 83.9 cm³/mol. The van der Waals surface area contributed by atoms with Crippen molar-refractivity contribution in [3.05, 3.63) is 64.5 Å². The third-order valence-electron chi connectivity index (χ3n) is 3.64. The first-order valence-corrected chi connectivity index (χ1v) is 7.22. The van der Waals surface area contributed by atoms with Gasteiger partial charge in [-0.2, -0.15) is 0 Å². The summed E-state index contributed by atoms with van der Waals surface area (Å²) < 4.78 is 19.8. The fourth-order valence-corrected chi connectivity index (χ4v) is 2.45. The summed E-state index contributed by atoms with van der Waals surface area (Å²) in [6.07, 6.45) is 0. The second-order valence-corrected chi connectivity index (χ2v) is 5.56. The Balaban J connectivity index is 2.12. The van der Waals surface area contributed by atoms with Gasteiger partial charge in [0, 0.05) is 17.7 Å². The normalized spacial score (nSPS) is 11.0. The second-order valence-electron chi connectivity index (χ2n) is 5.56. The zero-order chi connectivity index (χ0) is 15.4. The molecule has 2 nitrogen and oxygen atoms in total. The molecule has 0 amide bonds. The van der Waals surface area contributed by atoms with E-state index in [1.807, 2.05) is 12.1 Å². The summed E-state index contributed by atoms with van der Waals surface area (Å²) >= 11 is 0. The number of benzene rings is 2. The molecule has 2 N–H and O–H groups in total. The van der Waals surface area contributed by atoms with E-state index >= 15 is 0 Å². The van der Waals surface area contributed by atoms with Crippen LogP contribution in [0.1, 0.15) is 42.0 Å². The molecule has 2 aromatic rings. The van der Waals surface area contributed by atoms with E-state index < -0.39 is 0 Å². The largest absolute Gasteiger partial charge is 0.489 e. The summed E-state index contributed by atoms with van der Waals surface area (Å²) in [7, 11) is 0. The first-order chi connectivity index (χ1) is 10.0. The van der Waals surface area contributed by atoms with E-state index in [0.717, 1.165) is 5.75 Å². The third-order valence-corrected chi connectivity index (χ3v) is 3.64. The Labute approximate surface area is 125 Å². The number of aryl methyl sites for hydroxylation is 1. The minimum Gasteiger partial charge on any atom is -0.489 e. The number of hydrogen-bond donors (Lipinski definition) is 1. The SMILES string of the molecule is Cc1cc(OCc2cccc(CN)c2F)ccc1C(C)C. The van der Waals surface area contributed by atoms with Gasteiger partial charge in [-0.05, 0) is 36.1 Å². The van der Waals surface area contributed by atoms with Crippen LogP contribution in [0.4, 0.5) is 4.39 Å². The van der Waals surface area contributed by atoms with E-state index in [1.165, 1.54) is 11.1 Å². The van der Waals surface area contributed by atoms with Crippen molar-refractivity contribution in [2.75, 3.05) is 0 Å². The molecule has 0 atom stereocenters. The Morgan fingerprint density at radius 3 is 2.48 bits per heavy atom. The van der Waals surface area contributed by atoms with Gasteiger partial charge in [-0.25, -0.2) is 4.39 Å². The van der Waals surface area contributed by atoms with E-state index in [4.69, 9.17) is 10.5 Å². The van der Waals surface area contributed by atoms with Crippen LogP contribution in [0.15, 0.2) is 36.4 Å². The fourth-order valence-electron chi connectivity index (χ4n) is 2.45. The minimum atomic E-state index is -0.268. The molecule has 0 saturated heterocycles. The Morgan fingerprint density at radius 1 is 1.14 bits per heavy atom. The van der Waals surface area contributed by atoms with Gasteiger partial charge in [0.25, 0.3) is 0 Å². The lowest BCUT2D eigenvalue weighted by molar-refractivity contribution is 0.299. The van der Waals surface area contributed by atoms with Crippen molar-refractivity contribution >= 4 is 0 Å². The highest BCUT2D eigenvalue weighted by atomic mass is 19.1. The molecule has 0 heterocycles. The molecule has 0 saturated carbocycles. The van der Waals surface area contributed by atoms with Crippen LogP contribution in [0.3, 0.4) is 0 Å². The minimum absolute atomic E-state index is 0.196. The van der Waals surface area contributed by atoms with Gasteiger partial charge in [-0.3, -0.25) is 0 Å². The van der Waals surface area contributed by atoms with Crippen LogP contribution in [0.5, 0.6) is 5.75 Å². The molecule has 21 heavy (non-hydrogen) atoms. The average molecular weight is 287 g/mol. The lowest BCUT2D eigenvalue weighted by Gasteiger charge is -2.13. The maximum atomic E-state index is 14.1. The molecule has 0 aliphatic rings. The summed E-state index contributed by atoms with van der Waals surface area (Å²) in [5.74, 6) is 0.975. The zero-order valence-corrected chi connectivity index (χ0v) is 12.8. The van der Waals surface area contributed by atoms with Crippen molar-refractivity contribution in [3.8, 4) is 5.75 Å². The number of halogens is 1. The monoisotopic (exact) mass is 287 g/mol. The lowest BCUT2D eigenvalue weighted by Crippen LogP contribution is -2.05. The molecule has 0 unspecified atom stereocenters. The van der Waals surface area contributed by atoms with Crippen molar-refractivity contribution < 1.29 is 9.13 Å². The Morgan fingerprint density at radius 2 is 1.86 bits per heavy atom. The highest BCUT2D eigenvalue weighted by Gasteiger charge is 2.08. The molecule has 0 fully saturated rings. The van der Waals surface area contributed by atoms with Crippen LogP contribution < -0.4 is 10.5 Å². The van der Waals surface area contributed by atoms with Gasteiger partial charge in [-0.15, -0.1) is 0 Å². The van der Waals surface area contributed by atoms with Crippen molar-refractivity contribution in [2.24, 2.45) is 5.73 Å². The summed E-state index contributed by atoms with van der Waals surface area (Å²) in [6, 6.07) is 11.2. The van der Waals surface area contributed by atoms with Crippen LogP contribution in [0.2, 0.25) is 0 Å². The average Bonchev–Trinajstić information content (AvgIpc) is 2.46. The van der Waals surface area contributed by atoms with Crippen LogP contribution in [0, 0.1) is 12.7 Å². The zero-order valence-electron chi connectivity index (χ0n) is 12.8. The lowest BCUT2D eigenvalue weighted by atomic mass is 9.98. The molecule has 0 aromatic heterocycles. The number of ether oxygens (including phenoxy) is 1. The molecule has 0 bridgehead atoms. The second kappa shape index (κ2) is 6.72. The van der Waals surface area contributed by atoms with Crippen LogP contribution in [-0.4, -0.2) is 0 Å². The molecule has 0 radical (unpaired) electrons. The quantitative estimate of drug-likeness (QED) is 0.890. The van der Waals surface area contributed by atoms with E-state index in [9.17, 15) is 4.39 Å². The smallest absolute Gasteiger partial charge is 0.134 e. The maximum absolute atomic E-state index is 14.1. The summed E-state index contributed by atoms with van der Waals surface area (Å²) in [5.41, 5.74) is 9.06. The van der Waals surface area contributed by atoms with E-state index in [2.05, 4.69) is 26.8 Å². The molecule has 0 spiro atoms. The summed E-state index contributed by atoms with van der Waals surface area (Å²) in [5, 5.41) is 0. The van der Waals surface area contributed by atoms with Crippen LogP contribution in [-0.2, 0) is 13.2 Å². The van der Waals surface area contributed by atoms with E-state index in [-0.39, 0.29) is 19.0 Å². The molecule has 0 aliphatic heterocycles. The first kappa shape index (κ1) is 15.5. The molecule has 3 heteroatoms. The maximum Gasteiger partial charge on any atom is 0.134 e. The summed E-state index contributed by atoms with van der Waals surface area (Å²) in [6.45, 7) is 6.80. The van der Waals surface area contributed by atoms with Crippen LogP contribution >= 0.6 is 0 Å². The van der Waals surface area contributed by atoms with Gasteiger partial charge in [0.15, 0.2) is 0 Å². The van der Waals surface area contributed by atoms with E-state index in [0.29, 0.717) is 17.0 Å². The van der Waals surface area contributed by atoms with Gasteiger partial charge in [0.2, 0.25) is 0 Å². The number of nitrogens with two attached hydrogens (primary N) is 1. The Bertz CT molecular complexity index is 623. The van der Waals surface area contributed by atoms with Crippen molar-refractivity contribution in [3.63, 3.8) is 0 Å². The Hall–Kier alpha value is -1.87. The van der Waals surface area contributed by atoms with Gasteiger partial charge >= 0.3 is 0 Å². The number of hydrogen-bond acceptors (Lipinski definition) is 2.